The van der Waals surface area contributed by atoms with Crippen LogP contribution in [0.5, 0.6) is 0 Å². The van der Waals surface area contributed by atoms with Gasteiger partial charge in [-0.25, -0.2) is 13.1 Å². The molecule has 0 saturated heterocycles. The fourth-order valence-corrected chi connectivity index (χ4v) is 3.91. The first-order chi connectivity index (χ1) is 8.94. The summed E-state index contributed by atoms with van der Waals surface area (Å²) in [5, 5.41) is 0. The minimum atomic E-state index is -3.18. The summed E-state index contributed by atoms with van der Waals surface area (Å²) < 4.78 is 31.9. The molecule has 1 fully saturated rings. The first-order valence-electron chi connectivity index (χ1n) is 7.52. The van der Waals surface area contributed by atoms with Crippen LogP contribution in [0.1, 0.15) is 52.9 Å². The molecule has 0 amide bonds. The van der Waals surface area contributed by atoms with Gasteiger partial charge in [-0.05, 0) is 38.0 Å². The minimum Gasteiger partial charge on any atom is -0.381 e. The van der Waals surface area contributed by atoms with E-state index in [0.29, 0.717) is 18.4 Å². The van der Waals surface area contributed by atoms with Crippen LogP contribution in [-0.2, 0) is 14.8 Å². The van der Waals surface area contributed by atoms with Crippen LogP contribution in [-0.4, -0.2) is 33.4 Å². The number of sulfonamides is 1. The first kappa shape index (κ1) is 16.9. The Bertz CT molecular complexity index is 341. The Labute approximate surface area is 118 Å². The topological polar surface area (TPSA) is 55.4 Å². The fourth-order valence-electron chi connectivity index (χ4n) is 2.69. The molecule has 0 aromatic carbocycles. The van der Waals surface area contributed by atoms with Gasteiger partial charge in [0.15, 0.2) is 0 Å². The zero-order valence-corrected chi connectivity index (χ0v) is 13.3. The molecule has 19 heavy (non-hydrogen) atoms. The van der Waals surface area contributed by atoms with E-state index in [1.165, 1.54) is 6.42 Å². The third-order valence-corrected chi connectivity index (χ3v) is 5.17. The zero-order valence-electron chi connectivity index (χ0n) is 12.5. The highest BCUT2D eigenvalue weighted by atomic mass is 32.2. The number of nitrogens with one attached hydrogen (secondary N) is 1. The van der Waals surface area contributed by atoms with E-state index >= 15 is 0 Å². The van der Waals surface area contributed by atoms with Crippen LogP contribution >= 0.6 is 0 Å². The van der Waals surface area contributed by atoms with Gasteiger partial charge < -0.3 is 4.74 Å². The predicted molar refractivity (Wildman–Crippen MR) is 78.6 cm³/mol. The van der Waals surface area contributed by atoms with Crippen LogP contribution in [0.3, 0.4) is 0 Å². The predicted octanol–water partition coefficient (Wildman–Crippen LogP) is 2.55. The van der Waals surface area contributed by atoms with E-state index < -0.39 is 10.0 Å². The molecular weight excluding hydrogens is 262 g/mol. The average Bonchev–Trinajstić information content (AvgIpc) is 2.73. The highest BCUT2D eigenvalue weighted by molar-refractivity contribution is 7.89. The maximum absolute atomic E-state index is 12.0. The zero-order chi connectivity index (χ0) is 14.3. The second kappa shape index (κ2) is 8.22. The molecule has 2 atom stereocenters. The molecule has 0 radical (unpaired) electrons. The van der Waals surface area contributed by atoms with Crippen molar-refractivity contribution >= 4 is 10.0 Å². The lowest BCUT2D eigenvalue weighted by atomic mass is 9.94. The molecule has 1 rings (SSSR count). The Kier molecular flexibility index (Phi) is 7.32. The maximum Gasteiger partial charge on any atom is 0.214 e. The van der Waals surface area contributed by atoms with Gasteiger partial charge in [0.1, 0.15) is 0 Å². The molecule has 5 heteroatoms. The molecular formula is C14H29NO3S. The minimum absolute atomic E-state index is 0.0776. The molecule has 1 N–H and O–H groups in total. The lowest BCUT2D eigenvalue weighted by Crippen LogP contribution is -2.39. The van der Waals surface area contributed by atoms with Crippen molar-refractivity contribution in [1.29, 1.82) is 0 Å². The lowest BCUT2D eigenvalue weighted by Gasteiger charge is -2.21. The van der Waals surface area contributed by atoms with E-state index in [2.05, 4.69) is 18.6 Å². The van der Waals surface area contributed by atoms with Gasteiger partial charge in [0.05, 0.1) is 12.4 Å². The van der Waals surface area contributed by atoms with Gasteiger partial charge in [-0.2, -0.15) is 0 Å². The first-order valence-corrected chi connectivity index (χ1v) is 9.17. The molecule has 1 saturated carbocycles. The Morgan fingerprint density at radius 1 is 1.32 bits per heavy atom. The average molecular weight is 291 g/mol. The summed E-state index contributed by atoms with van der Waals surface area (Å²) in [5.74, 6) is 1.29. The van der Waals surface area contributed by atoms with Gasteiger partial charge in [-0.15, -0.1) is 0 Å². The smallest absolute Gasteiger partial charge is 0.214 e. The Morgan fingerprint density at radius 2 is 2.05 bits per heavy atom. The van der Waals surface area contributed by atoms with Gasteiger partial charge in [0.25, 0.3) is 0 Å². The van der Waals surface area contributed by atoms with Crippen molar-refractivity contribution in [3.8, 4) is 0 Å². The second-order valence-electron chi connectivity index (χ2n) is 5.90. The van der Waals surface area contributed by atoms with Gasteiger partial charge in [-0.3, -0.25) is 0 Å². The molecule has 114 valence electrons. The molecule has 1 aliphatic rings. The molecule has 0 aromatic heterocycles. The normalized spacial score (nSPS) is 24.2. The number of hydrogen-bond acceptors (Lipinski definition) is 3. The SMILES string of the molecule is CCOCCS(=O)(=O)N[C@H]1CCC[C@@H]1CCC(C)C. The number of ether oxygens (including phenoxy) is 1. The summed E-state index contributed by atoms with van der Waals surface area (Å²) in [6.45, 7) is 7.16. The van der Waals surface area contributed by atoms with Gasteiger partial charge in [0.2, 0.25) is 10.0 Å². The summed E-state index contributed by atoms with van der Waals surface area (Å²) in [6, 6.07) is 0.144. The Hall–Kier alpha value is -0.130. The largest absolute Gasteiger partial charge is 0.381 e. The van der Waals surface area contributed by atoms with E-state index in [4.69, 9.17) is 4.74 Å². The monoisotopic (exact) mass is 291 g/mol. The second-order valence-corrected chi connectivity index (χ2v) is 7.78. The Morgan fingerprint density at radius 3 is 2.68 bits per heavy atom. The highest BCUT2D eigenvalue weighted by Crippen LogP contribution is 2.31. The van der Waals surface area contributed by atoms with E-state index in [9.17, 15) is 8.42 Å². The van der Waals surface area contributed by atoms with Gasteiger partial charge in [-0.1, -0.05) is 26.7 Å². The van der Waals surface area contributed by atoms with Crippen molar-refractivity contribution in [3.05, 3.63) is 0 Å². The van der Waals surface area contributed by atoms with E-state index in [1.54, 1.807) is 0 Å². The van der Waals surface area contributed by atoms with Crippen LogP contribution in [0, 0.1) is 11.8 Å². The van der Waals surface area contributed by atoms with E-state index in [-0.39, 0.29) is 18.4 Å². The van der Waals surface area contributed by atoms with Crippen molar-refractivity contribution in [3.63, 3.8) is 0 Å². The van der Waals surface area contributed by atoms with Crippen molar-refractivity contribution in [1.82, 2.24) is 4.72 Å². The van der Waals surface area contributed by atoms with Crippen molar-refractivity contribution in [2.75, 3.05) is 19.0 Å². The van der Waals surface area contributed by atoms with Crippen LogP contribution < -0.4 is 4.72 Å². The van der Waals surface area contributed by atoms with Crippen LogP contribution in [0.4, 0.5) is 0 Å². The van der Waals surface area contributed by atoms with E-state index in [1.807, 2.05) is 6.92 Å². The van der Waals surface area contributed by atoms with Crippen LogP contribution in [0.25, 0.3) is 0 Å². The van der Waals surface area contributed by atoms with E-state index in [0.717, 1.165) is 25.7 Å². The number of hydrogen-bond donors (Lipinski definition) is 1. The van der Waals surface area contributed by atoms with Gasteiger partial charge >= 0.3 is 0 Å². The van der Waals surface area contributed by atoms with Crippen molar-refractivity contribution in [2.24, 2.45) is 11.8 Å². The third kappa shape index (κ3) is 6.72. The highest BCUT2D eigenvalue weighted by Gasteiger charge is 2.30. The lowest BCUT2D eigenvalue weighted by molar-refractivity contribution is 0.163. The molecule has 0 bridgehead atoms. The standard InChI is InChI=1S/C14H29NO3S/c1-4-18-10-11-19(16,17)15-14-7-5-6-13(14)9-8-12(2)3/h12-15H,4-11H2,1-3H3/t13-,14+/m1/s1. The quantitative estimate of drug-likeness (QED) is 0.664. The van der Waals surface area contributed by atoms with Crippen molar-refractivity contribution < 1.29 is 13.2 Å². The van der Waals surface area contributed by atoms with Crippen LogP contribution in [0.2, 0.25) is 0 Å². The summed E-state index contributed by atoms with van der Waals surface area (Å²) >= 11 is 0. The maximum atomic E-state index is 12.0. The molecule has 0 aromatic rings. The molecule has 0 unspecified atom stereocenters. The molecule has 4 nitrogen and oxygen atoms in total. The molecule has 0 heterocycles. The fraction of sp³-hybridized carbons (Fsp3) is 1.00. The summed E-state index contributed by atoms with van der Waals surface area (Å²) in [6.07, 6.45) is 5.60. The summed E-state index contributed by atoms with van der Waals surface area (Å²) in [4.78, 5) is 0. The van der Waals surface area contributed by atoms with Gasteiger partial charge in [0, 0.05) is 12.6 Å². The van der Waals surface area contributed by atoms with Crippen LogP contribution in [0.15, 0.2) is 0 Å². The number of rotatable bonds is 9. The van der Waals surface area contributed by atoms with Crippen molar-refractivity contribution in [2.45, 2.75) is 58.9 Å². The molecule has 0 spiro atoms. The Balaban J connectivity index is 2.40. The molecule has 0 aliphatic heterocycles. The summed E-state index contributed by atoms with van der Waals surface area (Å²) in [5.41, 5.74) is 0. The molecule has 1 aliphatic carbocycles. The summed E-state index contributed by atoms with van der Waals surface area (Å²) in [7, 11) is -3.18. The third-order valence-electron chi connectivity index (χ3n) is 3.81.